The lowest BCUT2D eigenvalue weighted by atomic mass is 10.1. The molecule has 0 saturated carbocycles. The number of imidazole rings is 1. The highest BCUT2D eigenvalue weighted by molar-refractivity contribution is 7.89. The van der Waals surface area contributed by atoms with Gasteiger partial charge in [0.15, 0.2) is 0 Å². The average molecular weight is 441 g/mol. The summed E-state index contributed by atoms with van der Waals surface area (Å²) in [6.45, 7) is 5.24. The van der Waals surface area contributed by atoms with Gasteiger partial charge in [0, 0.05) is 24.7 Å². The third kappa shape index (κ3) is 4.22. The van der Waals surface area contributed by atoms with E-state index in [2.05, 4.69) is 17.2 Å². The molecule has 1 N–H and O–H groups in total. The van der Waals surface area contributed by atoms with Gasteiger partial charge in [-0.3, -0.25) is 10.1 Å². The van der Waals surface area contributed by atoms with Gasteiger partial charge >= 0.3 is 0 Å². The summed E-state index contributed by atoms with van der Waals surface area (Å²) >= 11 is 0. The monoisotopic (exact) mass is 440 g/mol. The number of fused-ring (bicyclic) bond motifs is 1. The zero-order valence-corrected chi connectivity index (χ0v) is 18.7. The maximum atomic E-state index is 13.2. The van der Waals surface area contributed by atoms with E-state index in [0.717, 1.165) is 43.3 Å². The number of nitrogens with zero attached hydrogens (tertiary/aromatic N) is 3. The van der Waals surface area contributed by atoms with Crippen molar-refractivity contribution in [2.45, 2.75) is 57.0 Å². The van der Waals surface area contributed by atoms with Crippen LogP contribution in [-0.2, 0) is 16.6 Å². The number of para-hydroxylation sites is 2. The number of aromatic nitrogens is 2. The number of benzene rings is 2. The van der Waals surface area contributed by atoms with Gasteiger partial charge in [0.05, 0.1) is 15.9 Å². The summed E-state index contributed by atoms with van der Waals surface area (Å²) in [5, 5.41) is 2.87. The number of nitrogens with one attached hydrogen (secondary N) is 1. The molecule has 7 nitrogen and oxygen atoms in total. The van der Waals surface area contributed by atoms with Crippen LogP contribution in [0.1, 0.15) is 49.9 Å². The van der Waals surface area contributed by atoms with Crippen LogP contribution in [0.25, 0.3) is 11.0 Å². The summed E-state index contributed by atoms with van der Waals surface area (Å²) < 4.78 is 29.9. The van der Waals surface area contributed by atoms with E-state index in [-0.39, 0.29) is 16.8 Å². The Balaban J connectivity index is 1.62. The van der Waals surface area contributed by atoms with Crippen molar-refractivity contribution >= 4 is 32.9 Å². The van der Waals surface area contributed by atoms with Crippen molar-refractivity contribution in [1.82, 2.24) is 13.9 Å². The minimum Gasteiger partial charge on any atom is -0.310 e. The maximum absolute atomic E-state index is 13.2. The van der Waals surface area contributed by atoms with Crippen molar-refractivity contribution in [3.8, 4) is 0 Å². The summed E-state index contributed by atoms with van der Waals surface area (Å²) in [7, 11) is -3.64. The Morgan fingerprint density at radius 1 is 1.16 bits per heavy atom. The molecule has 1 aliphatic rings. The van der Waals surface area contributed by atoms with Crippen LogP contribution in [0.3, 0.4) is 0 Å². The van der Waals surface area contributed by atoms with E-state index < -0.39 is 10.0 Å². The number of carbonyl (C=O) groups excluding carboxylic acids is 1. The first kappa shape index (κ1) is 21.5. The number of carbonyl (C=O) groups is 1. The number of piperidine rings is 1. The number of aryl methyl sites for hydroxylation is 1. The van der Waals surface area contributed by atoms with E-state index in [0.29, 0.717) is 18.1 Å². The van der Waals surface area contributed by atoms with E-state index in [4.69, 9.17) is 0 Å². The standard InChI is InChI=1S/C23H28N4O3S/c1-3-14-26-21-13-5-4-12-20(21)24-23(26)25-22(28)18-10-8-11-19(16-18)31(29,30)27-15-7-6-9-17(27)2/h4-5,8,10-13,16-17H,3,6-7,9,14-15H2,1-2H3,(H,24,25,28). The van der Waals surface area contributed by atoms with E-state index in [1.165, 1.54) is 6.07 Å². The molecular weight excluding hydrogens is 412 g/mol. The second kappa shape index (κ2) is 8.80. The summed E-state index contributed by atoms with van der Waals surface area (Å²) in [6.07, 6.45) is 3.64. The van der Waals surface area contributed by atoms with Gasteiger partial charge in [-0.05, 0) is 56.5 Å². The number of amides is 1. The number of anilines is 1. The molecule has 1 atom stereocenters. The molecule has 8 heteroatoms. The maximum Gasteiger partial charge on any atom is 0.258 e. The minimum absolute atomic E-state index is 0.0369. The van der Waals surface area contributed by atoms with Crippen LogP contribution in [0.2, 0.25) is 0 Å². The lowest BCUT2D eigenvalue weighted by Gasteiger charge is -2.32. The molecule has 1 amide bonds. The van der Waals surface area contributed by atoms with Crippen LogP contribution in [0.15, 0.2) is 53.4 Å². The van der Waals surface area contributed by atoms with Crippen LogP contribution in [0.4, 0.5) is 5.95 Å². The molecule has 1 unspecified atom stereocenters. The summed E-state index contributed by atoms with van der Waals surface area (Å²) in [5.41, 5.74) is 2.05. The van der Waals surface area contributed by atoms with E-state index >= 15 is 0 Å². The van der Waals surface area contributed by atoms with Crippen LogP contribution >= 0.6 is 0 Å². The molecule has 1 aliphatic heterocycles. The van der Waals surface area contributed by atoms with Gasteiger partial charge in [-0.15, -0.1) is 0 Å². The fourth-order valence-corrected chi connectivity index (χ4v) is 5.90. The second-order valence-electron chi connectivity index (χ2n) is 8.02. The Morgan fingerprint density at radius 3 is 2.74 bits per heavy atom. The molecule has 31 heavy (non-hydrogen) atoms. The molecule has 0 bridgehead atoms. The number of sulfonamides is 1. The van der Waals surface area contributed by atoms with Crippen molar-refractivity contribution < 1.29 is 13.2 Å². The van der Waals surface area contributed by atoms with Gasteiger partial charge in [0.1, 0.15) is 0 Å². The van der Waals surface area contributed by atoms with E-state index in [1.54, 1.807) is 22.5 Å². The van der Waals surface area contributed by atoms with Crippen LogP contribution in [0.5, 0.6) is 0 Å². The molecule has 1 fully saturated rings. The summed E-state index contributed by atoms with van der Waals surface area (Å²) in [6, 6.07) is 13.9. The lowest BCUT2D eigenvalue weighted by molar-refractivity contribution is 0.102. The molecule has 0 aliphatic carbocycles. The zero-order chi connectivity index (χ0) is 22.0. The summed E-state index contributed by atoms with van der Waals surface area (Å²) in [5.74, 6) is 0.0855. The van der Waals surface area contributed by atoms with Crippen molar-refractivity contribution in [3.05, 3.63) is 54.1 Å². The highest BCUT2D eigenvalue weighted by Gasteiger charge is 2.31. The molecule has 1 saturated heterocycles. The predicted molar refractivity (Wildman–Crippen MR) is 122 cm³/mol. The van der Waals surface area contributed by atoms with Crippen molar-refractivity contribution in [3.63, 3.8) is 0 Å². The topological polar surface area (TPSA) is 84.3 Å². The van der Waals surface area contributed by atoms with Gasteiger partial charge < -0.3 is 4.57 Å². The SMILES string of the molecule is CCCn1c(NC(=O)c2cccc(S(=O)(=O)N3CCCCC3C)c2)nc2ccccc21. The molecule has 4 rings (SSSR count). The number of hydrogen-bond acceptors (Lipinski definition) is 4. The van der Waals surface area contributed by atoms with Crippen LogP contribution in [0, 0.1) is 0 Å². The first-order valence-corrected chi connectivity index (χ1v) is 12.2. The summed E-state index contributed by atoms with van der Waals surface area (Å²) in [4.78, 5) is 17.7. The predicted octanol–water partition coefficient (Wildman–Crippen LogP) is 4.26. The first-order chi connectivity index (χ1) is 14.9. The average Bonchev–Trinajstić information content (AvgIpc) is 3.11. The Labute approximate surface area is 183 Å². The fourth-order valence-electron chi connectivity index (χ4n) is 4.16. The molecule has 164 valence electrons. The van der Waals surface area contributed by atoms with E-state index in [1.807, 2.05) is 35.8 Å². The molecule has 2 heterocycles. The van der Waals surface area contributed by atoms with Crippen LogP contribution in [-0.4, -0.2) is 40.8 Å². The highest BCUT2D eigenvalue weighted by Crippen LogP contribution is 2.26. The molecular formula is C23H28N4O3S. The van der Waals surface area contributed by atoms with Gasteiger partial charge in [-0.1, -0.05) is 31.5 Å². The highest BCUT2D eigenvalue weighted by atomic mass is 32.2. The van der Waals surface area contributed by atoms with Crippen molar-refractivity contribution in [2.24, 2.45) is 0 Å². The van der Waals surface area contributed by atoms with Crippen molar-refractivity contribution in [1.29, 1.82) is 0 Å². The molecule has 3 aromatic rings. The van der Waals surface area contributed by atoms with Gasteiger partial charge in [0.2, 0.25) is 16.0 Å². The van der Waals surface area contributed by atoms with Gasteiger partial charge in [-0.25, -0.2) is 13.4 Å². The first-order valence-electron chi connectivity index (χ1n) is 10.8. The molecule has 0 radical (unpaired) electrons. The lowest BCUT2D eigenvalue weighted by Crippen LogP contribution is -2.41. The Kier molecular flexibility index (Phi) is 6.11. The number of rotatable bonds is 6. The minimum atomic E-state index is -3.64. The van der Waals surface area contributed by atoms with E-state index in [9.17, 15) is 13.2 Å². The largest absolute Gasteiger partial charge is 0.310 e. The second-order valence-corrected chi connectivity index (χ2v) is 9.91. The quantitative estimate of drug-likeness (QED) is 0.621. The Morgan fingerprint density at radius 2 is 1.97 bits per heavy atom. The third-order valence-corrected chi connectivity index (χ3v) is 7.78. The Hall–Kier alpha value is -2.71. The van der Waals surface area contributed by atoms with Crippen molar-refractivity contribution in [2.75, 3.05) is 11.9 Å². The normalized spacial score (nSPS) is 17.7. The van der Waals surface area contributed by atoms with Crippen LogP contribution < -0.4 is 5.32 Å². The Bertz CT molecular complexity index is 1200. The van der Waals surface area contributed by atoms with Gasteiger partial charge in [0.25, 0.3) is 5.91 Å². The molecule has 2 aromatic carbocycles. The molecule has 1 aromatic heterocycles. The number of hydrogen-bond donors (Lipinski definition) is 1. The van der Waals surface area contributed by atoms with Gasteiger partial charge in [-0.2, -0.15) is 4.31 Å². The smallest absolute Gasteiger partial charge is 0.258 e. The third-order valence-electron chi connectivity index (χ3n) is 5.77. The fraction of sp³-hybridized carbons (Fsp3) is 0.391. The zero-order valence-electron chi connectivity index (χ0n) is 17.9. The molecule has 0 spiro atoms.